The van der Waals surface area contributed by atoms with Crippen LogP contribution in [0.3, 0.4) is 0 Å². The maximum atomic E-state index is 14.3. The SMILES string of the molecule is COC(=O)c1ccc(-c2ccc([C@@H](C)[C@@](O)(c3ccnc(Cl)c3)C(F)(F)F)c(Cl)c2)cc1F. The molecule has 0 fully saturated rings. The Balaban J connectivity index is 2.04. The normalized spacial score (nSPS) is 14.5. The molecule has 3 rings (SSSR count). The summed E-state index contributed by atoms with van der Waals surface area (Å²) in [7, 11) is 1.12. The standard InChI is InChI=1S/C23H17Cl2F4NO3/c1-12(22(32,23(27,28)29)15-7-8-30-20(25)11-15)16-5-3-13(9-18(16)24)14-4-6-17(19(26)10-14)21(31)33-2/h3-12,32H,1-2H3/t12-,22-/m1/s1. The molecule has 0 radical (unpaired) electrons. The Morgan fingerprint density at radius 3 is 2.24 bits per heavy atom. The third-order valence-corrected chi connectivity index (χ3v) is 5.93. The second-order valence-corrected chi connectivity index (χ2v) is 8.07. The lowest BCUT2D eigenvalue weighted by Gasteiger charge is -2.37. The first-order chi connectivity index (χ1) is 15.4. The molecule has 2 aromatic carbocycles. The van der Waals surface area contributed by atoms with Crippen molar-refractivity contribution in [1.82, 2.24) is 4.98 Å². The van der Waals surface area contributed by atoms with E-state index in [-0.39, 0.29) is 21.3 Å². The van der Waals surface area contributed by atoms with Gasteiger partial charge in [-0.15, -0.1) is 0 Å². The molecule has 2 atom stereocenters. The number of hydrogen-bond acceptors (Lipinski definition) is 4. The zero-order valence-corrected chi connectivity index (χ0v) is 18.8. The third kappa shape index (κ3) is 4.69. The van der Waals surface area contributed by atoms with Crippen LogP contribution in [0, 0.1) is 5.82 Å². The number of esters is 1. The van der Waals surface area contributed by atoms with Gasteiger partial charge in [-0.05, 0) is 52.6 Å². The quantitative estimate of drug-likeness (QED) is 0.245. The first-order valence-electron chi connectivity index (χ1n) is 9.49. The predicted octanol–water partition coefficient (Wildman–Crippen LogP) is 6.53. The van der Waals surface area contributed by atoms with Crippen molar-refractivity contribution in [3.63, 3.8) is 0 Å². The minimum Gasteiger partial charge on any atom is -0.465 e. The largest absolute Gasteiger partial charge is 0.465 e. The van der Waals surface area contributed by atoms with Crippen molar-refractivity contribution >= 4 is 29.2 Å². The summed E-state index contributed by atoms with van der Waals surface area (Å²) in [5, 5.41) is 10.6. The van der Waals surface area contributed by atoms with Crippen LogP contribution in [0.1, 0.15) is 34.3 Å². The highest BCUT2D eigenvalue weighted by atomic mass is 35.5. The fourth-order valence-electron chi connectivity index (χ4n) is 3.55. The fraction of sp³-hybridized carbons (Fsp3) is 0.217. The number of pyridine rings is 1. The van der Waals surface area contributed by atoms with Gasteiger partial charge in [-0.2, -0.15) is 13.2 Å². The Kier molecular flexibility index (Phi) is 7.02. The van der Waals surface area contributed by atoms with Crippen LogP contribution in [0.5, 0.6) is 0 Å². The third-order valence-electron chi connectivity index (χ3n) is 5.40. The Bertz CT molecular complexity index is 1200. The van der Waals surface area contributed by atoms with Crippen molar-refractivity contribution in [3.8, 4) is 11.1 Å². The maximum absolute atomic E-state index is 14.3. The molecule has 33 heavy (non-hydrogen) atoms. The van der Waals surface area contributed by atoms with Crippen LogP contribution in [-0.4, -0.2) is 29.3 Å². The van der Waals surface area contributed by atoms with Gasteiger partial charge in [0.2, 0.25) is 0 Å². The van der Waals surface area contributed by atoms with Crippen LogP contribution >= 0.6 is 23.2 Å². The number of benzene rings is 2. The molecule has 174 valence electrons. The summed E-state index contributed by atoms with van der Waals surface area (Å²) >= 11 is 12.1. The molecule has 0 bridgehead atoms. The second-order valence-electron chi connectivity index (χ2n) is 7.28. The van der Waals surface area contributed by atoms with Crippen molar-refractivity contribution in [3.05, 3.63) is 87.4 Å². The number of ether oxygens (including phenoxy) is 1. The van der Waals surface area contributed by atoms with Gasteiger partial charge in [0.25, 0.3) is 0 Å². The number of aromatic nitrogens is 1. The van der Waals surface area contributed by atoms with E-state index in [4.69, 9.17) is 23.2 Å². The first-order valence-corrected chi connectivity index (χ1v) is 10.2. The van der Waals surface area contributed by atoms with Crippen LogP contribution in [0.15, 0.2) is 54.7 Å². The van der Waals surface area contributed by atoms with Gasteiger partial charge in [-0.1, -0.05) is 48.3 Å². The number of carbonyl (C=O) groups is 1. The van der Waals surface area contributed by atoms with Crippen LogP contribution in [0.4, 0.5) is 17.6 Å². The average Bonchev–Trinajstić information content (AvgIpc) is 2.76. The highest BCUT2D eigenvalue weighted by Crippen LogP contribution is 2.50. The van der Waals surface area contributed by atoms with Crippen molar-refractivity contribution < 1.29 is 32.2 Å². The minimum atomic E-state index is -5.06. The lowest BCUT2D eigenvalue weighted by atomic mass is 9.77. The number of carbonyl (C=O) groups excluding carboxylic acids is 1. The second kappa shape index (κ2) is 9.29. The van der Waals surface area contributed by atoms with Gasteiger partial charge in [0.05, 0.1) is 12.7 Å². The Morgan fingerprint density at radius 2 is 1.70 bits per heavy atom. The smallest absolute Gasteiger partial charge is 0.422 e. The number of halogens is 6. The number of alkyl halides is 3. The molecule has 0 saturated heterocycles. The van der Waals surface area contributed by atoms with E-state index in [1.165, 1.54) is 37.3 Å². The molecule has 0 unspecified atom stereocenters. The number of hydrogen-bond donors (Lipinski definition) is 1. The molecule has 4 nitrogen and oxygen atoms in total. The van der Waals surface area contributed by atoms with E-state index >= 15 is 0 Å². The van der Waals surface area contributed by atoms with Gasteiger partial charge in [0, 0.05) is 17.1 Å². The predicted molar refractivity (Wildman–Crippen MR) is 116 cm³/mol. The summed E-state index contributed by atoms with van der Waals surface area (Å²) in [4.78, 5) is 15.2. The van der Waals surface area contributed by atoms with Gasteiger partial charge < -0.3 is 9.84 Å². The monoisotopic (exact) mass is 501 g/mol. The van der Waals surface area contributed by atoms with E-state index in [1.807, 2.05) is 0 Å². The van der Waals surface area contributed by atoms with Crippen molar-refractivity contribution in [2.24, 2.45) is 0 Å². The van der Waals surface area contributed by atoms with Crippen molar-refractivity contribution in [2.75, 3.05) is 7.11 Å². The Hall–Kier alpha value is -2.68. The number of nitrogens with zero attached hydrogens (tertiary/aromatic N) is 1. The highest BCUT2D eigenvalue weighted by Gasteiger charge is 2.59. The zero-order valence-electron chi connectivity index (χ0n) is 17.3. The van der Waals surface area contributed by atoms with Crippen LogP contribution in [0.2, 0.25) is 10.2 Å². The van der Waals surface area contributed by atoms with E-state index < -0.39 is 35.0 Å². The fourth-order valence-corrected chi connectivity index (χ4v) is 4.07. The van der Waals surface area contributed by atoms with Gasteiger partial charge in [0.15, 0.2) is 5.60 Å². The molecule has 0 aliphatic heterocycles. The van der Waals surface area contributed by atoms with Crippen LogP contribution in [0.25, 0.3) is 11.1 Å². The lowest BCUT2D eigenvalue weighted by molar-refractivity contribution is -0.274. The minimum absolute atomic E-state index is 0.0137. The summed E-state index contributed by atoms with van der Waals surface area (Å²) in [6.07, 6.45) is -4.00. The topological polar surface area (TPSA) is 59.4 Å². The maximum Gasteiger partial charge on any atom is 0.422 e. The average molecular weight is 502 g/mol. The molecule has 0 aliphatic carbocycles. The Labute approximate surface area is 196 Å². The molecule has 1 aromatic heterocycles. The molecule has 0 aliphatic rings. The van der Waals surface area contributed by atoms with E-state index in [0.717, 1.165) is 31.5 Å². The lowest BCUT2D eigenvalue weighted by Crippen LogP contribution is -2.46. The first kappa shape index (κ1) is 25.0. The van der Waals surface area contributed by atoms with Gasteiger partial charge in [-0.3, -0.25) is 0 Å². The van der Waals surface area contributed by atoms with E-state index in [0.29, 0.717) is 11.1 Å². The number of rotatable bonds is 5. The van der Waals surface area contributed by atoms with Crippen LogP contribution in [-0.2, 0) is 10.3 Å². The summed E-state index contributed by atoms with van der Waals surface area (Å²) < 4.78 is 61.0. The summed E-state index contributed by atoms with van der Waals surface area (Å²) in [5.74, 6) is -3.20. The molecule has 1 N–H and O–H groups in total. The number of aliphatic hydroxyl groups is 1. The van der Waals surface area contributed by atoms with Gasteiger partial charge in [-0.25, -0.2) is 14.2 Å². The number of methoxy groups -OCH3 is 1. The molecule has 1 heterocycles. The summed E-state index contributed by atoms with van der Waals surface area (Å²) in [6.45, 7) is 1.19. The molecular weight excluding hydrogens is 485 g/mol. The molecular formula is C23H17Cl2F4NO3. The zero-order chi connectivity index (χ0) is 24.6. The molecule has 0 saturated carbocycles. The summed E-state index contributed by atoms with van der Waals surface area (Å²) in [6, 6.07) is 9.88. The van der Waals surface area contributed by atoms with E-state index in [2.05, 4.69) is 9.72 Å². The highest BCUT2D eigenvalue weighted by molar-refractivity contribution is 6.31. The summed E-state index contributed by atoms with van der Waals surface area (Å²) in [5.41, 5.74) is -3.30. The molecule has 0 spiro atoms. The van der Waals surface area contributed by atoms with Gasteiger partial charge >= 0.3 is 12.1 Å². The van der Waals surface area contributed by atoms with Crippen molar-refractivity contribution in [2.45, 2.75) is 24.6 Å². The Morgan fingerprint density at radius 1 is 1.06 bits per heavy atom. The molecule has 0 amide bonds. The van der Waals surface area contributed by atoms with Crippen LogP contribution < -0.4 is 0 Å². The van der Waals surface area contributed by atoms with E-state index in [9.17, 15) is 27.5 Å². The molecule has 3 aromatic rings. The van der Waals surface area contributed by atoms with E-state index in [1.54, 1.807) is 0 Å². The molecule has 10 heteroatoms. The van der Waals surface area contributed by atoms with Crippen molar-refractivity contribution in [1.29, 1.82) is 0 Å². The van der Waals surface area contributed by atoms with Gasteiger partial charge in [0.1, 0.15) is 11.0 Å².